The lowest BCUT2D eigenvalue weighted by Crippen LogP contribution is -2.10. The fourth-order valence-electron chi connectivity index (χ4n) is 2.79. The number of nitrogens with zero attached hydrogens (tertiary/aromatic N) is 1. The van der Waals surface area contributed by atoms with Gasteiger partial charge in [-0.2, -0.15) is 0 Å². The monoisotopic (exact) mass is 295 g/mol. The van der Waals surface area contributed by atoms with Crippen LogP contribution in [0.1, 0.15) is 37.8 Å². The molecule has 0 aromatic heterocycles. The minimum Gasteiger partial charge on any atom is -0.285 e. The molecule has 0 saturated heterocycles. The van der Waals surface area contributed by atoms with Crippen LogP contribution in [-0.2, 0) is 0 Å². The fraction of sp³-hybridized carbons (Fsp3) is 0.316. The van der Waals surface area contributed by atoms with Crippen molar-refractivity contribution in [1.29, 1.82) is 0 Å². The SMILES string of the molecule is C[C@H](N=C1CCCC1Sc1ccccc1)c1ccccc1. The molecule has 2 aromatic rings. The molecule has 2 aromatic carbocycles. The first-order chi connectivity index (χ1) is 10.3. The summed E-state index contributed by atoms with van der Waals surface area (Å²) in [6.07, 6.45) is 3.67. The highest BCUT2D eigenvalue weighted by molar-refractivity contribution is 8.00. The van der Waals surface area contributed by atoms with Gasteiger partial charge in [0.15, 0.2) is 0 Å². The topological polar surface area (TPSA) is 12.4 Å². The van der Waals surface area contributed by atoms with Crippen LogP contribution in [0.4, 0.5) is 0 Å². The van der Waals surface area contributed by atoms with Crippen molar-refractivity contribution < 1.29 is 0 Å². The molecule has 3 rings (SSSR count). The van der Waals surface area contributed by atoms with E-state index in [1.165, 1.54) is 29.0 Å². The van der Waals surface area contributed by atoms with E-state index < -0.39 is 0 Å². The quantitative estimate of drug-likeness (QED) is 0.722. The summed E-state index contributed by atoms with van der Waals surface area (Å²) in [5, 5.41) is 0.554. The molecule has 0 N–H and O–H groups in total. The summed E-state index contributed by atoms with van der Waals surface area (Å²) in [7, 11) is 0. The fourth-order valence-corrected chi connectivity index (χ4v) is 4.03. The molecule has 0 spiro atoms. The zero-order valence-corrected chi connectivity index (χ0v) is 13.2. The van der Waals surface area contributed by atoms with Gasteiger partial charge in [-0.15, -0.1) is 11.8 Å². The van der Waals surface area contributed by atoms with E-state index in [-0.39, 0.29) is 6.04 Å². The van der Waals surface area contributed by atoms with Crippen molar-refractivity contribution in [2.45, 2.75) is 42.4 Å². The van der Waals surface area contributed by atoms with Crippen LogP contribution in [0.25, 0.3) is 0 Å². The Balaban J connectivity index is 1.73. The van der Waals surface area contributed by atoms with Gasteiger partial charge >= 0.3 is 0 Å². The Bertz CT molecular complexity index is 591. The van der Waals surface area contributed by atoms with Crippen molar-refractivity contribution in [3.63, 3.8) is 0 Å². The molecule has 1 fully saturated rings. The smallest absolute Gasteiger partial charge is 0.0720 e. The van der Waals surface area contributed by atoms with E-state index in [0.29, 0.717) is 5.25 Å². The van der Waals surface area contributed by atoms with Crippen LogP contribution in [0, 0.1) is 0 Å². The highest BCUT2D eigenvalue weighted by Gasteiger charge is 2.24. The minimum absolute atomic E-state index is 0.262. The molecule has 0 radical (unpaired) electrons. The van der Waals surface area contributed by atoms with Crippen molar-refractivity contribution in [3.05, 3.63) is 66.2 Å². The Hall–Kier alpha value is -1.54. The van der Waals surface area contributed by atoms with Gasteiger partial charge in [0.2, 0.25) is 0 Å². The first-order valence-electron chi connectivity index (χ1n) is 7.66. The number of benzene rings is 2. The van der Waals surface area contributed by atoms with Crippen LogP contribution in [0.3, 0.4) is 0 Å². The summed E-state index contributed by atoms with van der Waals surface area (Å²) in [6.45, 7) is 2.20. The lowest BCUT2D eigenvalue weighted by Gasteiger charge is -2.14. The summed E-state index contributed by atoms with van der Waals surface area (Å²) in [5.74, 6) is 0. The molecule has 108 valence electrons. The van der Waals surface area contributed by atoms with Gasteiger partial charge in [-0.25, -0.2) is 0 Å². The van der Waals surface area contributed by atoms with E-state index in [1.54, 1.807) is 0 Å². The molecule has 1 nitrogen and oxygen atoms in total. The molecule has 1 aliphatic rings. The number of hydrogen-bond donors (Lipinski definition) is 0. The summed E-state index contributed by atoms with van der Waals surface area (Å²) in [6, 6.07) is 21.5. The van der Waals surface area contributed by atoms with Crippen molar-refractivity contribution >= 4 is 17.5 Å². The second-order valence-corrected chi connectivity index (χ2v) is 6.80. The molecule has 2 atom stereocenters. The average Bonchev–Trinajstić information content (AvgIpc) is 2.96. The van der Waals surface area contributed by atoms with Gasteiger partial charge < -0.3 is 0 Å². The molecule has 0 amide bonds. The molecular weight excluding hydrogens is 274 g/mol. The molecule has 2 heteroatoms. The number of hydrogen-bond acceptors (Lipinski definition) is 2. The van der Waals surface area contributed by atoms with Crippen LogP contribution in [0.15, 0.2) is 70.6 Å². The summed E-state index contributed by atoms with van der Waals surface area (Å²) >= 11 is 1.97. The molecule has 1 saturated carbocycles. The highest BCUT2D eigenvalue weighted by Crippen LogP contribution is 2.34. The average molecular weight is 295 g/mol. The molecule has 21 heavy (non-hydrogen) atoms. The highest BCUT2D eigenvalue weighted by atomic mass is 32.2. The Morgan fingerprint density at radius 3 is 2.38 bits per heavy atom. The summed E-state index contributed by atoms with van der Waals surface area (Å²) < 4.78 is 0. The van der Waals surface area contributed by atoms with Crippen LogP contribution in [0.2, 0.25) is 0 Å². The molecule has 0 bridgehead atoms. The molecule has 0 aliphatic heterocycles. The lowest BCUT2D eigenvalue weighted by molar-refractivity contribution is 0.814. The standard InChI is InChI=1S/C19H21NS/c1-15(16-9-4-2-5-10-16)20-18-13-8-14-19(18)21-17-11-6-3-7-12-17/h2-7,9-12,15,19H,8,13-14H2,1H3/t15-,19?/m0/s1. The maximum atomic E-state index is 5.02. The van der Waals surface area contributed by atoms with Crippen LogP contribution >= 0.6 is 11.8 Å². The predicted octanol–water partition coefficient (Wildman–Crippen LogP) is 5.53. The first-order valence-corrected chi connectivity index (χ1v) is 8.54. The molecular formula is C19H21NS. The Morgan fingerprint density at radius 1 is 1.00 bits per heavy atom. The van der Waals surface area contributed by atoms with Crippen LogP contribution in [-0.4, -0.2) is 11.0 Å². The minimum atomic E-state index is 0.262. The van der Waals surface area contributed by atoms with E-state index in [2.05, 4.69) is 67.6 Å². The van der Waals surface area contributed by atoms with Gasteiger partial charge in [-0.3, -0.25) is 4.99 Å². The first kappa shape index (κ1) is 14.4. The van der Waals surface area contributed by atoms with Gasteiger partial charge in [0.25, 0.3) is 0 Å². The maximum Gasteiger partial charge on any atom is 0.0720 e. The third kappa shape index (κ3) is 3.76. The maximum absolute atomic E-state index is 5.02. The Morgan fingerprint density at radius 2 is 1.67 bits per heavy atom. The zero-order chi connectivity index (χ0) is 14.5. The number of rotatable bonds is 4. The summed E-state index contributed by atoms with van der Waals surface area (Å²) in [4.78, 5) is 6.37. The van der Waals surface area contributed by atoms with Gasteiger partial charge in [0.05, 0.1) is 6.04 Å². The molecule has 0 heterocycles. The number of thioether (sulfide) groups is 1. The Labute approximate surface area is 131 Å². The van der Waals surface area contributed by atoms with Crippen molar-refractivity contribution in [2.24, 2.45) is 4.99 Å². The van der Waals surface area contributed by atoms with Crippen molar-refractivity contribution in [3.8, 4) is 0 Å². The van der Waals surface area contributed by atoms with E-state index >= 15 is 0 Å². The predicted molar refractivity (Wildman–Crippen MR) is 92.2 cm³/mol. The van der Waals surface area contributed by atoms with Crippen molar-refractivity contribution in [1.82, 2.24) is 0 Å². The van der Waals surface area contributed by atoms with E-state index in [9.17, 15) is 0 Å². The lowest BCUT2D eigenvalue weighted by atomic mass is 10.1. The summed E-state index contributed by atoms with van der Waals surface area (Å²) in [5.41, 5.74) is 2.69. The van der Waals surface area contributed by atoms with E-state index in [1.807, 2.05) is 11.8 Å². The third-order valence-electron chi connectivity index (χ3n) is 3.93. The van der Waals surface area contributed by atoms with Gasteiger partial charge in [0.1, 0.15) is 0 Å². The largest absolute Gasteiger partial charge is 0.285 e. The zero-order valence-electron chi connectivity index (χ0n) is 12.4. The molecule has 1 unspecified atom stereocenters. The second-order valence-electron chi connectivity index (χ2n) is 5.52. The Kier molecular flexibility index (Phi) is 4.76. The van der Waals surface area contributed by atoms with Crippen LogP contribution < -0.4 is 0 Å². The third-order valence-corrected chi connectivity index (χ3v) is 5.27. The van der Waals surface area contributed by atoms with Crippen LogP contribution in [0.5, 0.6) is 0 Å². The van der Waals surface area contributed by atoms with Gasteiger partial charge in [-0.05, 0) is 43.9 Å². The van der Waals surface area contributed by atoms with E-state index in [4.69, 9.17) is 4.99 Å². The second kappa shape index (κ2) is 6.95. The van der Waals surface area contributed by atoms with Gasteiger partial charge in [-0.1, -0.05) is 48.5 Å². The van der Waals surface area contributed by atoms with E-state index in [0.717, 1.165) is 6.42 Å². The number of aliphatic imine (C=N–C) groups is 1. The van der Waals surface area contributed by atoms with Gasteiger partial charge in [0, 0.05) is 15.9 Å². The normalized spacial score (nSPS) is 21.6. The molecule has 1 aliphatic carbocycles. The van der Waals surface area contributed by atoms with Crippen molar-refractivity contribution in [2.75, 3.05) is 0 Å².